The first-order valence-electron chi connectivity index (χ1n) is 5.72. The summed E-state index contributed by atoms with van der Waals surface area (Å²) < 4.78 is 0. The lowest BCUT2D eigenvalue weighted by Gasteiger charge is -2.25. The number of hydrazine groups is 1. The van der Waals surface area contributed by atoms with Crippen molar-refractivity contribution in [2.24, 2.45) is 10.9 Å². The lowest BCUT2D eigenvalue weighted by molar-refractivity contribution is -0.117. The zero-order chi connectivity index (χ0) is 13.1. The van der Waals surface area contributed by atoms with Gasteiger partial charge in [-0.3, -0.25) is 15.6 Å². The lowest BCUT2D eigenvalue weighted by Crippen LogP contribution is -2.38. The van der Waals surface area contributed by atoms with Gasteiger partial charge in [0.2, 0.25) is 0 Å². The van der Waals surface area contributed by atoms with E-state index in [-0.39, 0.29) is 11.8 Å². The Hall–Kier alpha value is -2.14. The molecule has 1 amide bonds. The van der Waals surface area contributed by atoms with Crippen LogP contribution in [0.5, 0.6) is 0 Å². The summed E-state index contributed by atoms with van der Waals surface area (Å²) in [6.07, 6.45) is 0. The number of amides is 1. The van der Waals surface area contributed by atoms with Crippen LogP contribution in [0.3, 0.4) is 0 Å². The Morgan fingerprint density at radius 1 is 1.33 bits per heavy atom. The van der Waals surface area contributed by atoms with Gasteiger partial charge in [0.05, 0.1) is 11.5 Å². The maximum atomic E-state index is 11.9. The van der Waals surface area contributed by atoms with Crippen molar-refractivity contribution in [1.82, 2.24) is 10.9 Å². The average Bonchev–Trinajstić information content (AvgIpc) is 2.41. The number of nitrogens with zero attached hydrogens (tertiary/aromatic N) is 1. The standard InChI is InChI=1S/C13H16N4O/c1-8-11(10-6-4-3-5-7-10)12(13(18)15-14)9(2)17-16-8/h3-7,11,17H,14H2,1-2H3,(H,15,18). The molecule has 1 aromatic rings. The molecule has 1 atom stereocenters. The predicted octanol–water partition coefficient (Wildman–Crippen LogP) is 1.01. The molecule has 18 heavy (non-hydrogen) atoms. The zero-order valence-corrected chi connectivity index (χ0v) is 10.4. The number of allylic oxidation sites excluding steroid dienone is 1. The molecule has 1 aliphatic heterocycles. The number of rotatable bonds is 2. The Kier molecular flexibility index (Phi) is 3.43. The molecule has 5 nitrogen and oxygen atoms in total. The first kappa shape index (κ1) is 12.3. The van der Waals surface area contributed by atoms with Crippen LogP contribution in [0.25, 0.3) is 0 Å². The normalized spacial score (nSPS) is 19.1. The maximum absolute atomic E-state index is 11.9. The maximum Gasteiger partial charge on any atom is 0.263 e. The largest absolute Gasteiger partial charge is 0.290 e. The molecule has 2 rings (SSSR count). The van der Waals surface area contributed by atoms with Gasteiger partial charge in [0.25, 0.3) is 5.91 Å². The highest BCUT2D eigenvalue weighted by Crippen LogP contribution is 2.30. The summed E-state index contributed by atoms with van der Waals surface area (Å²) in [5.74, 6) is 4.80. The van der Waals surface area contributed by atoms with E-state index < -0.39 is 0 Å². The third-order valence-corrected chi connectivity index (χ3v) is 3.02. The van der Waals surface area contributed by atoms with Crippen molar-refractivity contribution in [2.45, 2.75) is 19.8 Å². The SMILES string of the molecule is CC1=NNC(C)=C(C(=O)NN)C1c1ccccc1. The second kappa shape index (κ2) is 5.01. The van der Waals surface area contributed by atoms with Crippen LogP contribution in [0.15, 0.2) is 46.7 Å². The Bertz CT molecular complexity index is 519. The Morgan fingerprint density at radius 3 is 2.61 bits per heavy atom. The minimum absolute atomic E-state index is 0.156. The third-order valence-electron chi connectivity index (χ3n) is 3.02. The lowest BCUT2D eigenvalue weighted by atomic mass is 9.85. The smallest absolute Gasteiger partial charge is 0.263 e. The Balaban J connectivity index is 2.50. The van der Waals surface area contributed by atoms with Gasteiger partial charge in [0.1, 0.15) is 0 Å². The molecule has 5 heteroatoms. The van der Waals surface area contributed by atoms with Crippen LogP contribution < -0.4 is 16.7 Å². The van der Waals surface area contributed by atoms with Crippen molar-refractivity contribution >= 4 is 11.6 Å². The number of hydrazone groups is 1. The summed E-state index contributed by atoms with van der Waals surface area (Å²) in [5.41, 5.74) is 8.23. The van der Waals surface area contributed by atoms with Gasteiger partial charge in [-0.05, 0) is 19.4 Å². The fraction of sp³-hybridized carbons (Fsp3) is 0.231. The van der Waals surface area contributed by atoms with E-state index in [0.29, 0.717) is 5.57 Å². The number of hydrogen-bond donors (Lipinski definition) is 3. The first-order valence-corrected chi connectivity index (χ1v) is 5.72. The molecule has 0 saturated heterocycles. The van der Waals surface area contributed by atoms with Crippen LogP contribution in [-0.2, 0) is 4.79 Å². The van der Waals surface area contributed by atoms with Crippen molar-refractivity contribution < 1.29 is 4.79 Å². The van der Waals surface area contributed by atoms with Gasteiger partial charge in [0, 0.05) is 11.4 Å². The third kappa shape index (κ3) is 2.12. The average molecular weight is 244 g/mol. The molecule has 0 aliphatic carbocycles. The van der Waals surface area contributed by atoms with Gasteiger partial charge in [-0.2, -0.15) is 5.10 Å². The van der Waals surface area contributed by atoms with E-state index in [1.54, 1.807) is 0 Å². The predicted molar refractivity (Wildman–Crippen MR) is 70.5 cm³/mol. The van der Waals surface area contributed by atoms with E-state index in [1.807, 2.05) is 44.2 Å². The van der Waals surface area contributed by atoms with Crippen LogP contribution in [-0.4, -0.2) is 11.6 Å². The number of carbonyl (C=O) groups excluding carboxylic acids is 1. The summed E-state index contributed by atoms with van der Waals surface area (Å²) in [5, 5.41) is 4.22. The fourth-order valence-corrected chi connectivity index (χ4v) is 2.15. The molecule has 0 saturated carbocycles. The van der Waals surface area contributed by atoms with Crippen LogP contribution in [0.2, 0.25) is 0 Å². The molecule has 4 N–H and O–H groups in total. The van der Waals surface area contributed by atoms with Crippen molar-refractivity contribution in [3.05, 3.63) is 47.2 Å². The van der Waals surface area contributed by atoms with Gasteiger partial charge in [-0.15, -0.1) is 0 Å². The number of carbonyl (C=O) groups is 1. The van der Waals surface area contributed by atoms with E-state index in [1.165, 1.54) is 0 Å². The van der Waals surface area contributed by atoms with Crippen molar-refractivity contribution in [1.29, 1.82) is 0 Å². The van der Waals surface area contributed by atoms with Crippen LogP contribution in [0, 0.1) is 0 Å². The van der Waals surface area contributed by atoms with E-state index in [0.717, 1.165) is 17.0 Å². The highest BCUT2D eigenvalue weighted by molar-refractivity contribution is 6.05. The molecule has 1 aromatic carbocycles. The Labute approximate surface area is 106 Å². The quantitative estimate of drug-likeness (QED) is 0.413. The second-order valence-electron chi connectivity index (χ2n) is 4.22. The van der Waals surface area contributed by atoms with E-state index in [9.17, 15) is 4.79 Å². The molecule has 1 aliphatic rings. The molecule has 0 spiro atoms. The molecule has 0 aromatic heterocycles. The fourth-order valence-electron chi connectivity index (χ4n) is 2.15. The first-order chi connectivity index (χ1) is 8.65. The molecular formula is C13H16N4O. The number of nitrogens with one attached hydrogen (secondary N) is 2. The van der Waals surface area contributed by atoms with Crippen molar-refractivity contribution in [3.63, 3.8) is 0 Å². The molecular weight excluding hydrogens is 228 g/mol. The topological polar surface area (TPSA) is 79.5 Å². The molecule has 1 unspecified atom stereocenters. The molecule has 1 heterocycles. The van der Waals surface area contributed by atoms with Gasteiger partial charge in [-0.25, -0.2) is 5.84 Å². The number of hydrogen-bond acceptors (Lipinski definition) is 4. The zero-order valence-electron chi connectivity index (χ0n) is 10.4. The van der Waals surface area contributed by atoms with Crippen LogP contribution in [0.4, 0.5) is 0 Å². The second-order valence-corrected chi connectivity index (χ2v) is 4.22. The van der Waals surface area contributed by atoms with Gasteiger partial charge < -0.3 is 0 Å². The van der Waals surface area contributed by atoms with E-state index >= 15 is 0 Å². The minimum atomic E-state index is -0.289. The van der Waals surface area contributed by atoms with Crippen LogP contribution >= 0.6 is 0 Å². The molecule has 94 valence electrons. The summed E-state index contributed by atoms with van der Waals surface area (Å²) in [6.45, 7) is 3.71. The number of nitrogens with two attached hydrogens (primary N) is 1. The van der Waals surface area contributed by atoms with E-state index in [4.69, 9.17) is 5.84 Å². The summed E-state index contributed by atoms with van der Waals surface area (Å²) in [6, 6.07) is 9.78. The molecule has 0 bridgehead atoms. The summed E-state index contributed by atoms with van der Waals surface area (Å²) in [7, 11) is 0. The number of benzene rings is 1. The van der Waals surface area contributed by atoms with E-state index in [2.05, 4.69) is 16.0 Å². The van der Waals surface area contributed by atoms with Gasteiger partial charge >= 0.3 is 0 Å². The van der Waals surface area contributed by atoms with Crippen molar-refractivity contribution in [2.75, 3.05) is 0 Å². The van der Waals surface area contributed by atoms with Crippen LogP contribution in [0.1, 0.15) is 25.3 Å². The van der Waals surface area contributed by atoms with Gasteiger partial charge in [-0.1, -0.05) is 30.3 Å². The summed E-state index contributed by atoms with van der Waals surface area (Å²) >= 11 is 0. The molecule has 0 radical (unpaired) electrons. The summed E-state index contributed by atoms with van der Waals surface area (Å²) in [4.78, 5) is 11.9. The van der Waals surface area contributed by atoms with Gasteiger partial charge in [0.15, 0.2) is 0 Å². The monoisotopic (exact) mass is 244 g/mol. The Morgan fingerprint density at radius 2 is 2.00 bits per heavy atom. The highest BCUT2D eigenvalue weighted by Gasteiger charge is 2.29. The van der Waals surface area contributed by atoms with Crippen molar-refractivity contribution in [3.8, 4) is 0 Å². The highest BCUT2D eigenvalue weighted by atomic mass is 16.2. The molecule has 0 fully saturated rings. The minimum Gasteiger partial charge on any atom is -0.290 e.